The Balaban J connectivity index is 1.51. The van der Waals surface area contributed by atoms with E-state index in [-0.39, 0.29) is 22.5 Å². The Morgan fingerprint density at radius 2 is 1.73 bits per heavy atom. The van der Waals surface area contributed by atoms with E-state index >= 15 is 0 Å². The van der Waals surface area contributed by atoms with Crippen LogP contribution in [0.15, 0.2) is 88.3 Å². The third kappa shape index (κ3) is 5.30. The van der Waals surface area contributed by atoms with E-state index in [0.717, 1.165) is 11.1 Å². The molecule has 4 aromatic rings. The number of esters is 1. The van der Waals surface area contributed by atoms with E-state index in [0.29, 0.717) is 23.5 Å². The van der Waals surface area contributed by atoms with Crippen LogP contribution < -0.4 is 19.6 Å². The Bertz CT molecular complexity index is 1370. The van der Waals surface area contributed by atoms with E-state index in [1.165, 1.54) is 30.5 Å². The summed E-state index contributed by atoms with van der Waals surface area (Å²) >= 11 is 0. The van der Waals surface area contributed by atoms with Crippen molar-refractivity contribution in [1.82, 2.24) is 0 Å². The molecule has 0 aliphatic heterocycles. The molecule has 0 aliphatic carbocycles. The number of carbonyl (C=O) groups excluding carboxylic acids is 1. The Labute approximate surface area is 190 Å². The molecule has 1 heterocycles. The molecule has 6 nitrogen and oxygen atoms in total. The van der Waals surface area contributed by atoms with Crippen molar-refractivity contribution < 1.29 is 23.4 Å². The van der Waals surface area contributed by atoms with Crippen LogP contribution in [0.4, 0.5) is 0 Å². The highest BCUT2D eigenvalue weighted by atomic mass is 16.5. The summed E-state index contributed by atoms with van der Waals surface area (Å²) in [4.78, 5) is 25.0. The molecule has 0 bridgehead atoms. The lowest BCUT2D eigenvalue weighted by atomic mass is 10.1. The number of para-hydroxylation sites is 2. The van der Waals surface area contributed by atoms with Crippen LogP contribution in [0.3, 0.4) is 0 Å². The molecule has 0 unspecified atom stereocenters. The van der Waals surface area contributed by atoms with Crippen molar-refractivity contribution in [3.05, 3.63) is 100 Å². The summed E-state index contributed by atoms with van der Waals surface area (Å²) in [7, 11) is 0. The zero-order chi connectivity index (χ0) is 23.2. The second-order valence-corrected chi connectivity index (χ2v) is 7.23. The highest BCUT2D eigenvalue weighted by molar-refractivity contribution is 5.89. The maximum Gasteiger partial charge on any atom is 0.336 e. The number of rotatable bonds is 7. The van der Waals surface area contributed by atoms with Gasteiger partial charge in [-0.25, -0.2) is 4.79 Å². The van der Waals surface area contributed by atoms with Gasteiger partial charge in [0.2, 0.25) is 11.2 Å². The molecule has 33 heavy (non-hydrogen) atoms. The summed E-state index contributed by atoms with van der Waals surface area (Å²) in [6, 6.07) is 19.4. The Morgan fingerprint density at radius 1 is 0.970 bits per heavy atom. The van der Waals surface area contributed by atoms with Gasteiger partial charge in [0.1, 0.15) is 17.6 Å². The molecule has 0 spiro atoms. The zero-order valence-corrected chi connectivity index (χ0v) is 18.2. The molecule has 0 atom stereocenters. The molecule has 0 saturated heterocycles. The van der Waals surface area contributed by atoms with Crippen LogP contribution in [0.5, 0.6) is 23.0 Å². The van der Waals surface area contributed by atoms with Gasteiger partial charge < -0.3 is 18.6 Å². The van der Waals surface area contributed by atoms with Crippen molar-refractivity contribution in [3.63, 3.8) is 0 Å². The van der Waals surface area contributed by atoms with Crippen molar-refractivity contribution in [3.8, 4) is 23.0 Å². The fourth-order valence-corrected chi connectivity index (χ4v) is 3.14. The van der Waals surface area contributed by atoms with Crippen LogP contribution in [-0.4, -0.2) is 12.6 Å². The maximum atomic E-state index is 12.9. The third-order valence-corrected chi connectivity index (χ3v) is 4.79. The summed E-state index contributed by atoms with van der Waals surface area (Å²) in [6.45, 7) is 4.33. The van der Waals surface area contributed by atoms with Crippen LogP contribution in [0.25, 0.3) is 17.0 Å². The van der Waals surface area contributed by atoms with E-state index in [4.69, 9.17) is 18.6 Å². The third-order valence-electron chi connectivity index (χ3n) is 4.79. The molecule has 4 rings (SSSR count). The van der Waals surface area contributed by atoms with Gasteiger partial charge in [0.05, 0.1) is 12.0 Å². The van der Waals surface area contributed by atoms with Crippen molar-refractivity contribution in [2.75, 3.05) is 6.61 Å². The largest absolute Gasteiger partial charge is 0.490 e. The summed E-state index contributed by atoms with van der Waals surface area (Å²) < 4.78 is 22.2. The average molecular weight is 442 g/mol. The molecule has 0 aliphatic rings. The molecular formula is C27H22O6. The van der Waals surface area contributed by atoms with Gasteiger partial charge in [0.15, 0.2) is 11.5 Å². The van der Waals surface area contributed by atoms with Crippen LogP contribution in [0, 0.1) is 6.92 Å². The van der Waals surface area contributed by atoms with E-state index in [9.17, 15) is 9.59 Å². The molecule has 0 N–H and O–H groups in total. The number of carbonyl (C=O) groups is 1. The molecule has 6 heteroatoms. The highest BCUT2D eigenvalue weighted by Crippen LogP contribution is 2.31. The number of fused-ring (bicyclic) bond motifs is 1. The van der Waals surface area contributed by atoms with Gasteiger partial charge in [-0.3, -0.25) is 4.79 Å². The van der Waals surface area contributed by atoms with E-state index in [1.807, 2.05) is 44.2 Å². The van der Waals surface area contributed by atoms with Crippen LogP contribution >= 0.6 is 0 Å². The van der Waals surface area contributed by atoms with Gasteiger partial charge >= 0.3 is 5.97 Å². The number of ether oxygens (including phenoxy) is 3. The summed E-state index contributed by atoms with van der Waals surface area (Å²) in [5.41, 5.74) is 1.96. The molecule has 0 radical (unpaired) electrons. The first-order chi connectivity index (χ1) is 16.0. The Kier molecular flexibility index (Phi) is 6.55. The lowest BCUT2D eigenvalue weighted by molar-refractivity contribution is -0.128. The fourth-order valence-electron chi connectivity index (χ4n) is 3.14. The number of hydrogen-bond donors (Lipinski definition) is 0. The first-order valence-corrected chi connectivity index (χ1v) is 10.5. The molecule has 1 aromatic heterocycles. The normalized spacial score (nSPS) is 11.0. The molecule has 0 amide bonds. The monoisotopic (exact) mass is 442 g/mol. The smallest absolute Gasteiger partial charge is 0.336 e. The lowest BCUT2D eigenvalue weighted by Crippen LogP contribution is -2.07. The average Bonchev–Trinajstić information content (AvgIpc) is 2.82. The van der Waals surface area contributed by atoms with Crippen LogP contribution in [-0.2, 0) is 4.79 Å². The minimum absolute atomic E-state index is 0.0282. The second-order valence-electron chi connectivity index (χ2n) is 7.23. The van der Waals surface area contributed by atoms with Gasteiger partial charge in [0, 0.05) is 12.1 Å². The minimum atomic E-state index is -0.537. The van der Waals surface area contributed by atoms with Crippen molar-refractivity contribution in [1.29, 1.82) is 0 Å². The van der Waals surface area contributed by atoms with Gasteiger partial charge in [0.25, 0.3) is 0 Å². The first-order valence-electron chi connectivity index (χ1n) is 10.5. The standard InChI is InChI=1S/C27H22O6/c1-3-30-22-6-4-5-7-23(22)33-25-17-31-24-16-20(13-14-21(24)27(25)29)32-26(28)15-12-19-10-8-18(2)9-11-19/h4-17H,3H2,1-2H3/b15-12+. The molecule has 0 fully saturated rings. The van der Waals surface area contributed by atoms with Crippen molar-refractivity contribution in [2.45, 2.75) is 13.8 Å². The molecule has 3 aromatic carbocycles. The van der Waals surface area contributed by atoms with Crippen LogP contribution in [0.1, 0.15) is 18.1 Å². The van der Waals surface area contributed by atoms with Gasteiger partial charge in [-0.2, -0.15) is 0 Å². The fraction of sp³-hybridized carbons (Fsp3) is 0.111. The Morgan fingerprint density at radius 3 is 2.48 bits per heavy atom. The van der Waals surface area contributed by atoms with Gasteiger partial charge in [-0.1, -0.05) is 42.0 Å². The highest BCUT2D eigenvalue weighted by Gasteiger charge is 2.13. The molecular weight excluding hydrogens is 420 g/mol. The van der Waals surface area contributed by atoms with Crippen LogP contribution in [0.2, 0.25) is 0 Å². The van der Waals surface area contributed by atoms with Crippen molar-refractivity contribution >= 4 is 23.0 Å². The van der Waals surface area contributed by atoms with E-state index in [2.05, 4.69) is 0 Å². The SMILES string of the molecule is CCOc1ccccc1Oc1coc2cc(OC(=O)/C=C/c3ccc(C)cc3)ccc2c1=O. The van der Waals surface area contributed by atoms with E-state index < -0.39 is 5.97 Å². The first kappa shape index (κ1) is 21.9. The lowest BCUT2D eigenvalue weighted by Gasteiger charge is -2.11. The van der Waals surface area contributed by atoms with Crippen molar-refractivity contribution in [2.24, 2.45) is 0 Å². The number of benzene rings is 3. The van der Waals surface area contributed by atoms with Gasteiger partial charge in [-0.05, 0) is 49.8 Å². The second kappa shape index (κ2) is 9.87. The number of hydrogen-bond acceptors (Lipinski definition) is 6. The minimum Gasteiger partial charge on any atom is -0.490 e. The maximum absolute atomic E-state index is 12.9. The molecule has 0 saturated carbocycles. The van der Waals surface area contributed by atoms with Gasteiger partial charge in [-0.15, -0.1) is 0 Å². The quantitative estimate of drug-likeness (QED) is 0.201. The Hall–Kier alpha value is -4.32. The summed E-state index contributed by atoms with van der Waals surface area (Å²) in [6.07, 6.45) is 4.25. The topological polar surface area (TPSA) is 75.0 Å². The predicted molar refractivity (Wildman–Crippen MR) is 126 cm³/mol. The predicted octanol–water partition coefficient (Wildman–Crippen LogP) is 5.91. The summed E-state index contributed by atoms with van der Waals surface area (Å²) in [5, 5.41) is 0.302. The molecule has 166 valence electrons. The van der Waals surface area contributed by atoms with E-state index in [1.54, 1.807) is 24.3 Å². The summed E-state index contributed by atoms with van der Waals surface area (Å²) in [5.74, 6) is 0.696. The zero-order valence-electron chi connectivity index (χ0n) is 18.2. The number of aryl methyl sites for hydroxylation is 1.